The van der Waals surface area contributed by atoms with Crippen LogP contribution in [0.4, 0.5) is 4.79 Å². The first-order valence-corrected chi connectivity index (χ1v) is 11.5. The number of carbonyl (C=O) groups is 3. The summed E-state index contributed by atoms with van der Waals surface area (Å²) in [7, 11) is 1.55. The van der Waals surface area contributed by atoms with Crippen LogP contribution in [0.2, 0.25) is 0 Å². The van der Waals surface area contributed by atoms with Crippen molar-refractivity contribution in [1.29, 1.82) is 0 Å². The average molecular weight is 482 g/mol. The van der Waals surface area contributed by atoms with E-state index in [1.807, 2.05) is 37.3 Å². The summed E-state index contributed by atoms with van der Waals surface area (Å²) < 4.78 is 5.25. The Morgan fingerprint density at radius 3 is 2.56 bits per heavy atom. The van der Waals surface area contributed by atoms with Crippen LogP contribution >= 0.6 is 0 Å². The molecule has 0 bridgehead atoms. The minimum absolute atomic E-state index is 0.000163. The average Bonchev–Trinajstić information content (AvgIpc) is 3.56. The molecule has 0 saturated carbocycles. The van der Waals surface area contributed by atoms with E-state index in [0.717, 1.165) is 33.2 Å². The van der Waals surface area contributed by atoms with Gasteiger partial charge in [-0.2, -0.15) is 5.10 Å². The van der Waals surface area contributed by atoms with Gasteiger partial charge in [0.1, 0.15) is 5.75 Å². The van der Waals surface area contributed by atoms with Crippen molar-refractivity contribution in [2.24, 2.45) is 0 Å². The molecule has 3 heterocycles. The number of carbonyl (C=O) groups excluding carboxylic acids is 3. The van der Waals surface area contributed by atoms with Crippen molar-refractivity contribution in [1.82, 2.24) is 25.7 Å². The standard InChI is InChI=1S/C27H23N5O4/c1-15-9-18(10-19-12-28-31-23(15)19)16-3-6-20(7-4-16)27(25(34)29-26(35)30-27)14-32-13-17-5-8-21(36-2)11-22(17)24(32)33/h3-12H,13-14H2,1-2H3,(H,28,31)(H2,29,30,34,35)/t27-/m0/s1. The number of urea groups is 1. The number of aromatic nitrogens is 2. The number of hydrogen-bond donors (Lipinski definition) is 3. The third kappa shape index (κ3) is 3.31. The van der Waals surface area contributed by atoms with E-state index in [4.69, 9.17) is 4.74 Å². The van der Waals surface area contributed by atoms with Crippen molar-refractivity contribution in [3.63, 3.8) is 0 Å². The molecule has 4 aromatic rings. The van der Waals surface area contributed by atoms with Gasteiger partial charge in [-0.25, -0.2) is 4.79 Å². The predicted molar refractivity (Wildman–Crippen MR) is 132 cm³/mol. The van der Waals surface area contributed by atoms with Crippen LogP contribution in [0.1, 0.15) is 27.0 Å². The molecule has 0 spiro atoms. The molecule has 1 saturated heterocycles. The lowest BCUT2D eigenvalue weighted by Gasteiger charge is -2.31. The highest BCUT2D eigenvalue weighted by Crippen LogP contribution is 2.34. The van der Waals surface area contributed by atoms with Crippen LogP contribution in [0, 0.1) is 6.92 Å². The number of ether oxygens (including phenoxy) is 1. The normalized spacial score (nSPS) is 18.9. The van der Waals surface area contributed by atoms with Crippen molar-refractivity contribution in [2.75, 3.05) is 13.7 Å². The molecule has 180 valence electrons. The number of H-pyrrole nitrogens is 1. The van der Waals surface area contributed by atoms with E-state index in [2.05, 4.69) is 33.0 Å². The van der Waals surface area contributed by atoms with E-state index in [1.165, 1.54) is 0 Å². The quantitative estimate of drug-likeness (QED) is 0.379. The molecular weight excluding hydrogens is 458 g/mol. The minimum atomic E-state index is -1.40. The third-order valence-electron chi connectivity index (χ3n) is 7.02. The fourth-order valence-corrected chi connectivity index (χ4v) is 5.13. The Morgan fingerprint density at radius 2 is 1.83 bits per heavy atom. The van der Waals surface area contributed by atoms with E-state index in [-0.39, 0.29) is 12.5 Å². The largest absolute Gasteiger partial charge is 0.497 e. The van der Waals surface area contributed by atoms with Crippen molar-refractivity contribution in [3.8, 4) is 16.9 Å². The number of hydrogen-bond acceptors (Lipinski definition) is 5. The van der Waals surface area contributed by atoms with Crippen LogP contribution in [0.5, 0.6) is 5.75 Å². The Balaban J connectivity index is 1.34. The van der Waals surface area contributed by atoms with Crippen LogP contribution in [-0.2, 0) is 16.9 Å². The van der Waals surface area contributed by atoms with E-state index in [0.29, 0.717) is 23.4 Å². The lowest BCUT2D eigenvalue weighted by molar-refractivity contribution is -0.124. The maximum absolute atomic E-state index is 13.2. The molecule has 2 aliphatic heterocycles. The van der Waals surface area contributed by atoms with Gasteiger partial charge in [0.15, 0.2) is 5.54 Å². The highest BCUT2D eigenvalue weighted by atomic mass is 16.5. The predicted octanol–water partition coefficient (Wildman–Crippen LogP) is 3.24. The molecule has 4 amide bonds. The van der Waals surface area contributed by atoms with Crippen molar-refractivity contribution >= 4 is 28.7 Å². The van der Waals surface area contributed by atoms with Crippen LogP contribution in [0.15, 0.2) is 60.8 Å². The molecular formula is C27H23N5O4. The lowest BCUT2D eigenvalue weighted by Crippen LogP contribution is -2.52. The Bertz CT molecular complexity index is 1560. The maximum Gasteiger partial charge on any atom is 0.322 e. The molecule has 2 aliphatic rings. The number of amides is 4. The van der Waals surface area contributed by atoms with Gasteiger partial charge in [-0.1, -0.05) is 30.3 Å². The van der Waals surface area contributed by atoms with Gasteiger partial charge in [0, 0.05) is 17.5 Å². The number of aromatic amines is 1. The highest BCUT2D eigenvalue weighted by molar-refractivity contribution is 6.08. The summed E-state index contributed by atoms with van der Waals surface area (Å²) in [5, 5.41) is 13.3. The van der Waals surface area contributed by atoms with Crippen molar-refractivity contribution < 1.29 is 19.1 Å². The molecule has 0 unspecified atom stereocenters. The van der Waals surface area contributed by atoms with Crippen molar-refractivity contribution in [3.05, 3.63) is 83.0 Å². The summed E-state index contributed by atoms with van der Waals surface area (Å²) in [6.45, 7) is 2.36. The topological polar surface area (TPSA) is 116 Å². The molecule has 1 fully saturated rings. The number of methoxy groups -OCH3 is 1. The van der Waals surface area contributed by atoms with E-state index in [1.54, 1.807) is 30.3 Å². The van der Waals surface area contributed by atoms with Gasteiger partial charge in [-0.15, -0.1) is 0 Å². The fourth-order valence-electron chi connectivity index (χ4n) is 5.13. The second-order valence-corrected chi connectivity index (χ2v) is 9.20. The molecule has 1 atom stereocenters. The first-order chi connectivity index (χ1) is 17.4. The van der Waals surface area contributed by atoms with E-state index in [9.17, 15) is 14.4 Å². The molecule has 0 radical (unpaired) electrons. The zero-order chi connectivity index (χ0) is 25.0. The Morgan fingerprint density at radius 1 is 1.03 bits per heavy atom. The number of rotatable bonds is 5. The summed E-state index contributed by atoms with van der Waals surface area (Å²) in [6.07, 6.45) is 1.79. The number of benzene rings is 3. The molecule has 36 heavy (non-hydrogen) atoms. The van der Waals surface area contributed by atoms with Crippen LogP contribution in [-0.4, -0.2) is 46.6 Å². The highest BCUT2D eigenvalue weighted by Gasteiger charge is 2.50. The Kier molecular flexibility index (Phi) is 4.82. The van der Waals surface area contributed by atoms with Gasteiger partial charge in [-0.3, -0.25) is 20.0 Å². The Hall–Kier alpha value is -4.66. The zero-order valence-corrected chi connectivity index (χ0v) is 19.7. The SMILES string of the molecule is COc1ccc2c(c1)C(=O)N(C[C@@]1(c3ccc(-c4cc(C)c5[nH]ncc5c4)cc3)NC(=O)NC1=O)C2. The number of nitrogens with zero attached hydrogens (tertiary/aromatic N) is 2. The first-order valence-electron chi connectivity index (χ1n) is 11.5. The smallest absolute Gasteiger partial charge is 0.322 e. The van der Waals surface area contributed by atoms with Gasteiger partial charge >= 0.3 is 6.03 Å². The van der Waals surface area contributed by atoms with Gasteiger partial charge in [0.05, 0.1) is 25.4 Å². The molecule has 3 aromatic carbocycles. The van der Waals surface area contributed by atoms with Gasteiger partial charge in [0.2, 0.25) is 0 Å². The number of imide groups is 1. The molecule has 1 aromatic heterocycles. The van der Waals surface area contributed by atoms with E-state index < -0.39 is 17.5 Å². The number of fused-ring (bicyclic) bond motifs is 2. The van der Waals surface area contributed by atoms with Crippen LogP contribution in [0.25, 0.3) is 22.0 Å². The second kappa shape index (κ2) is 7.94. The van der Waals surface area contributed by atoms with Gasteiger partial charge in [-0.05, 0) is 59.0 Å². The number of aryl methyl sites for hydroxylation is 1. The number of nitrogens with one attached hydrogen (secondary N) is 3. The first kappa shape index (κ1) is 21.8. The summed E-state index contributed by atoms with van der Waals surface area (Å²) in [5.41, 5.74) is 4.62. The summed E-state index contributed by atoms with van der Waals surface area (Å²) in [6, 6.07) is 16.4. The van der Waals surface area contributed by atoms with Crippen LogP contribution in [0.3, 0.4) is 0 Å². The second-order valence-electron chi connectivity index (χ2n) is 9.20. The molecule has 9 heteroatoms. The van der Waals surface area contributed by atoms with Gasteiger partial charge in [0.25, 0.3) is 11.8 Å². The molecule has 6 rings (SSSR count). The maximum atomic E-state index is 13.2. The Labute approximate surface area is 206 Å². The lowest BCUT2D eigenvalue weighted by atomic mass is 9.87. The van der Waals surface area contributed by atoms with Crippen molar-refractivity contribution in [2.45, 2.75) is 19.0 Å². The summed E-state index contributed by atoms with van der Waals surface area (Å²) in [5.74, 6) is -0.111. The fraction of sp³-hybridized carbons (Fsp3) is 0.185. The van der Waals surface area contributed by atoms with Gasteiger partial charge < -0.3 is 15.0 Å². The van der Waals surface area contributed by atoms with Crippen LogP contribution < -0.4 is 15.4 Å². The molecule has 3 N–H and O–H groups in total. The zero-order valence-electron chi connectivity index (χ0n) is 19.7. The third-order valence-corrected chi connectivity index (χ3v) is 7.02. The minimum Gasteiger partial charge on any atom is -0.497 e. The molecule has 0 aliphatic carbocycles. The molecule has 9 nitrogen and oxygen atoms in total. The monoisotopic (exact) mass is 481 g/mol. The summed E-state index contributed by atoms with van der Waals surface area (Å²) >= 11 is 0. The summed E-state index contributed by atoms with van der Waals surface area (Å²) in [4.78, 5) is 40.2. The van der Waals surface area contributed by atoms with E-state index >= 15 is 0 Å².